The van der Waals surface area contributed by atoms with Gasteiger partial charge in [-0.2, -0.15) is 0 Å². The number of hydrogen-bond acceptors (Lipinski definition) is 3. The van der Waals surface area contributed by atoms with Crippen molar-refractivity contribution in [2.75, 3.05) is 18.4 Å². The SMILES string of the molecule is CC(C)(C)N(CC(=O)O)CC(=O)Nc1c(Cl)cccc1Cl. The van der Waals surface area contributed by atoms with E-state index in [0.29, 0.717) is 15.7 Å². The van der Waals surface area contributed by atoms with Gasteiger partial charge in [-0.3, -0.25) is 14.5 Å². The minimum Gasteiger partial charge on any atom is -0.480 e. The highest BCUT2D eigenvalue weighted by Crippen LogP contribution is 2.29. The summed E-state index contributed by atoms with van der Waals surface area (Å²) in [6.45, 7) is 5.22. The summed E-state index contributed by atoms with van der Waals surface area (Å²) in [5.41, 5.74) is -0.130. The molecule has 0 heterocycles. The first-order valence-corrected chi connectivity index (χ1v) is 7.07. The Morgan fingerprint density at radius 2 is 1.71 bits per heavy atom. The second-order valence-electron chi connectivity index (χ2n) is 5.57. The lowest BCUT2D eigenvalue weighted by Crippen LogP contribution is -2.48. The molecule has 0 saturated carbocycles. The summed E-state index contributed by atoms with van der Waals surface area (Å²) in [4.78, 5) is 24.5. The van der Waals surface area contributed by atoms with E-state index in [9.17, 15) is 9.59 Å². The summed E-state index contributed by atoms with van der Waals surface area (Å²) >= 11 is 12.0. The fraction of sp³-hybridized carbons (Fsp3) is 0.429. The third-order valence-electron chi connectivity index (χ3n) is 2.84. The number of carbonyl (C=O) groups excluding carboxylic acids is 1. The fourth-order valence-corrected chi connectivity index (χ4v) is 2.15. The van der Waals surface area contributed by atoms with Gasteiger partial charge in [0.2, 0.25) is 5.91 Å². The van der Waals surface area contributed by atoms with Crippen molar-refractivity contribution in [2.24, 2.45) is 0 Å². The van der Waals surface area contributed by atoms with Crippen molar-refractivity contribution in [1.29, 1.82) is 0 Å². The zero-order valence-corrected chi connectivity index (χ0v) is 13.6. The second-order valence-corrected chi connectivity index (χ2v) is 6.38. The zero-order chi connectivity index (χ0) is 16.2. The zero-order valence-electron chi connectivity index (χ0n) is 12.1. The molecule has 0 unspecified atom stereocenters. The van der Waals surface area contributed by atoms with Crippen molar-refractivity contribution in [3.63, 3.8) is 0 Å². The number of para-hydroxylation sites is 1. The predicted molar refractivity (Wildman–Crippen MR) is 84.1 cm³/mol. The van der Waals surface area contributed by atoms with Crippen molar-refractivity contribution < 1.29 is 14.7 Å². The number of halogens is 2. The van der Waals surface area contributed by atoms with Crippen LogP contribution in [0.2, 0.25) is 10.0 Å². The number of nitrogens with one attached hydrogen (secondary N) is 1. The monoisotopic (exact) mass is 332 g/mol. The summed E-state index contributed by atoms with van der Waals surface area (Å²) in [6, 6.07) is 4.90. The van der Waals surface area contributed by atoms with Gasteiger partial charge in [-0.25, -0.2) is 0 Å². The van der Waals surface area contributed by atoms with E-state index < -0.39 is 11.5 Å². The van der Waals surface area contributed by atoms with Crippen LogP contribution in [0.4, 0.5) is 5.69 Å². The highest BCUT2D eigenvalue weighted by Gasteiger charge is 2.26. The molecule has 0 spiro atoms. The summed E-state index contributed by atoms with van der Waals surface area (Å²) in [5.74, 6) is -1.37. The van der Waals surface area contributed by atoms with Crippen LogP contribution in [0, 0.1) is 0 Å². The Hall–Kier alpha value is -1.30. The Balaban J connectivity index is 2.81. The number of benzene rings is 1. The van der Waals surface area contributed by atoms with Crippen LogP contribution in [-0.4, -0.2) is 40.5 Å². The Morgan fingerprint density at radius 3 is 2.14 bits per heavy atom. The fourth-order valence-electron chi connectivity index (χ4n) is 1.66. The van der Waals surface area contributed by atoms with Crippen LogP contribution < -0.4 is 5.32 Å². The maximum Gasteiger partial charge on any atom is 0.317 e. The molecule has 5 nitrogen and oxygen atoms in total. The van der Waals surface area contributed by atoms with E-state index in [2.05, 4.69) is 5.32 Å². The number of aliphatic carboxylic acids is 1. The van der Waals surface area contributed by atoms with E-state index in [1.807, 2.05) is 20.8 Å². The van der Waals surface area contributed by atoms with Gasteiger partial charge in [0, 0.05) is 5.54 Å². The Kier molecular flexibility index (Phi) is 6.01. The lowest BCUT2D eigenvalue weighted by molar-refractivity contribution is -0.140. The Bertz CT molecular complexity index is 521. The number of carbonyl (C=O) groups is 2. The van der Waals surface area contributed by atoms with Gasteiger partial charge in [0.05, 0.1) is 28.8 Å². The van der Waals surface area contributed by atoms with Crippen molar-refractivity contribution in [2.45, 2.75) is 26.3 Å². The normalized spacial score (nSPS) is 11.5. The molecule has 0 aliphatic carbocycles. The second kappa shape index (κ2) is 7.11. The van der Waals surface area contributed by atoms with Crippen molar-refractivity contribution in [1.82, 2.24) is 4.90 Å². The van der Waals surface area contributed by atoms with Gasteiger partial charge in [-0.05, 0) is 32.9 Å². The van der Waals surface area contributed by atoms with Gasteiger partial charge in [0.15, 0.2) is 0 Å². The standard InChI is InChI=1S/C14H18Cl2N2O3/c1-14(2,3)18(8-12(20)21)7-11(19)17-13-9(15)5-4-6-10(13)16/h4-6H,7-8H2,1-3H3,(H,17,19)(H,20,21). The Morgan fingerprint density at radius 1 is 1.19 bits per heavy atom. The van der Waals surface area contributed by atoms with Crippen LogP contribution in [-0.2, 0) is 9.59 Å². The third-order valence-corrected chi connectivity index (χ3v) is 3.47. The first-order chi connectivity index (χ1) is 9.61. The van der Waals surface area contributed by atoms with Crippen LogP contribution in [0.1, 0.15) is 20.8 Å². The summed E-state index contributed by atoms with van der Waals surface area (Å²) < 4.78 is 0. The van der Waals surface area contributed by atoms with E-state index in [1.54, 1.807) is 23.1 Å². The van der Waals surface area contributed by atoms with Crippen LogP contribution in [0.5, 0.6) is 0 Å². The summed E-state index contributed by atoms with van der Waals surface area (Å²) in [6.07, 6.45) is 0. The molecule has 0 radical (unpaired) electrons. The molecule has 0 saturated heterocycles. The maximum absolute atomic E-state index is 12.1. The number of carboxylic acids is 1. The minimum atomic E-state index is -0.992. The van der Waals surface area contributed by atoms with Crippen LogP contribution in [0.3, 0.4) is 0 Å². The van der Waals surface area contributed by atoms with Crippen LogP contribution in [0.25, 0.3) is 0 Å². The van der Waals surface area contributed by atoms with Crippen LogP contribution >= 0.6 is 23.2 Å². The van der Waals surface area contributed by atoms with Gasteiger partial charge in [0.1, 0.15) is 0 Å². The average molecular weight is 333 g/mol. The third kappa shape index (κ3) is 5.53. The molecular formula is C14H18Cl2N2O3. The van der Waals surface area contributed by atoms with Crippen molar-refractivity contribution in [3.8, 4) is 0 Å². The van der Waals surface area contributed by atoms with Crippen LogP contribution in [0.15, 0.2) is 18.2 Å². The average Bonchev–Trinajstić information content (AvgIpc) is 2.31. The van der Waals surface area contributed by atoms with E-state index in [0.717, 1.165) is 0 Å². The van der Waals surface area contributed by atoms with Gasteiger partial charge in [0.25, 0.3) is 0 Å². The summed E-state index contributed by atoms with van der Waals surface area (Å²) in [5, 5.41) is 12.2. The first-order valence-electron chi connectivity index (χ1n) is 6.32. The summed E-state index contributed by atoms with van der Waals surface area (Å²) in [7, 11) is 0. The van der Waals surface area contributed by atoms with Gasteiger partial charge < -0.3 is 10.4 Å². The molecule has 116 valence electrons. The minimum absolute atomic E-state index is 0.0721. The van der Waals surface area contributed by atoms with E-state index in [4.69, 9.17) is 28.3 Å². The molecule has 7 heteroatoms. The molecule has 1 aromatic carbocycles. The largest absolute Gasteiger partial charge is 0.480 e. The van der Waals surface area contributed by atoms with E-state index in [-0.39, 0.29) is 19.0 Å². The van der Waals surface area contributed by atoms with E-state index in [1.165, 1.54) is 0 Å². The highest BCUT2D eigenvalue weighted by molar-refractivity contribution is 6.39. The van der Waals surface area contributed by atoms with E-state index >= 15 is 0 Å². The molecule has 0 bridgehead atoms. The quantitative estimate of drug-likeness (QED) is 0.869. The Labute approximate surface area is 133 Å². The predicted octanol–water partition coefficient (Wildman–Crippen LogP) is 3.12. The molecular weight excluding hydrogens is 315 g/mol. The number of rotatable bonds is 5. The maximum atomic E-state index is 12.1. The molecule has 0 aromatic heterocycles. The molecule has 0 aliphatic rings. The first kappa shape index (κ1) is 17.8. The molecule has 1 aromatic rings. The molecule has 0 aliphatic heterocycles. The molecule has 2 N–H and O–H groups in total. The van der Waals surface area contributed by atoms with Gasteiger partial charge in [-0.15, -0.1) is 0 Å². The number of carboxylic acid groups (broad SMARTS) is 1. The number of anilines is 1. The molecule has 0 fully saturated rings. The molecule has 1 amide bonds. The number of hydrogen-bond donors (Lipinski definition) is 2. The lowest BCUT2D eigenvalue weighted by Gasteiger charge is -2.33. The smallest absolute Gasteiger partial charge is 0.317 e. The highest BCUT2D eigenvalue weighted by atomic mass is 35.5. The lowest BCUT2D eigenvalue weighted by atomic mass is 10.1. The number of amides is 1. The molecule has 0 atom stereocenters. The van der Waals surface area contributed by atoms with Gasteiger partial charge in [-0.1, -0.05) is 29.3 Å². The van der Waals surface area contributed by atoms with Crippen molar-refractivity contribution in [3.05, 3.63) is 28.2 Å². The molecule has 1 rings (SSSR count). The van der Waals surface area contributed by atoms with Gasteiger partial charge >= 0.3 is 5.97 Å². The molecule has 21 heavy (non-hydrogen) atoms. The number of nitrogens with zero attached hydrogens (tertiary/aromatic N) is 1. The topological polar surface area (TPSA) is 69.6 Å². The van der Waals surface area contributed by atoms with Crippen molar-refractivity contribution >= 4 is 40.8 Å².